The van der Waals surface area contributed by atoms with Gasteiger partial charge >= 0.3 is 6.18 Å². The third-order valence-corrected chi connectivity index (χ3v) is 2.73. The molecule has 0 aromatic heterocycles. The van der Waals surface area contributed by atoms with Gasteiger partial charge < -0.3 is 9.64 Å². The first-order chi connectivity index (χ1) is 8.93. The summed E-state index contributed by atoms with van der Waals surface area (Å²) >= 11 is 0. The maximum atomic E-state index is 12.6. The number of methoxy groups -OCH3 is 1. The Morgan fingerprint density at radius 3 is 2.53 bits per heavy atom. The minimum Gasteiger partial charge on any atom is -0.383 e. The summed E-state index contributed by atoms with van der Waals surface area (Å²) in [6.45, 7) is 3.42. The first-order valence-corrected chi connectivity index (χ1v) is 5.79. The van der Waals surface area contributed by atoms with Crippen molar-refractivity contribution in [1.29, 1.82) is 5.26 Å². The van der Waals surface area contributed by atoms with Gasteiger partial charge in [-0.25, -0.2) is 0 Å². The molecule has 0 saturated carbocycles. The fourth-order valence-corrected chi connectivity index (χ4v) is 1.73. The number of hydrogen-bond donors (Lipinski definition) is 0. The molecule has 19 heavy (non-hydrogen) atoms. The molecule has 0 radical (unpaired) electrons. The quantitative estimate of drug-likeness (QED) is 0.826. The lowest BCUT2D eigenvalue weighted by atomic mass is 10.1. The monoisotopic (exact) mass is 272 g/mol. The summed E-state index contributed by atoms with van der Waals surface area (Å²) in [5.74, 6) is 0. The molecule has 0 bridgehead atoms. The Balaban J connectivity index is 3.11. The van der Waals surface area contributed by atoms with Crippen molar-refractivity contribution < 1.29 is 17.9 Å². The van der Waals surface area contributed by atoms with E-state index in [1.165, 1.54) is 6.07 Å². The molecule has 1 aromatic rings. The van der Waals surface area contributed by atoms with E-state index in [0.29, 0.717) is 25.4 Å². The van der Waals surface area contributed by atoms with E-state index in [-0.39, 0.29) is 5.56 Å². The summed E-state index contributed by atoms with van der Waals surface area (Å²) in [7, 11) is 1.55. The number of benzene rings is 1. The predicted octanol–water partition coefficient (Wildman–Crippen LogP) is 3.05. The van der Waals surface area contributed by atoms with Crippen molar-refractivity contribution in [2.24, 2.45) is 0 Å². The van der Waals surface area contributed by atoms with Gasteiger partial charge in [-0.05, 0) is 25.1 Å². The first-order valence-electron chi connectivity index (χ1n) is 5.79. The zero-order valence-electron chi connectivity index (χ0n) is 10.8. The Morgan fingerprint density at radius 1 is 1.37 bits per heavy atom. The van der Waals surface area contributed by atoms with Gasteiger partial charge in [-0.2, -0.15) is 18.4 Å². The molecule has 1 rings (SSSR count). The highest BCUT2D eigenvalue weighted by atomic mass is 19.4. The average Bonchev–Trinajstić information content (AvgIpc) is 2.38. The summed E-state index contributed by atoms with van der Waals surface area (Å²) in [5.41, 5.74) is -0.293. The Kier molecular flexibility index (Phi) is 5.19. The number of rotatable bonds is 5. The van der Waals surface area contributed by atoms with Gasteiger partial charge in [0.15, 0.2) is 0 Å². The van der Waals surface area contributed by atoms with Gasteiger partial charge in [-0.3, -0.25) is 0 Å². The Bertz CT molecular complexity index is 466. The molecule has 104 valence electrons. The van der Waals surface area contributed by atoms with Crippen molar-refractivity contribution in [1.82, 2.24) is 0 Å². The van der Waals surface area contributed by atoms with Gasteiger partial charge in [0, 0.05) is 20.2 Å². The van der Waals surface area contributed by atoms with Gasteiger partial charge in [-0.15, -0.1) is 0 Å². The predicted molar refractivity (Wildman–Crippen MR) is 65.9 cm³/mol. The number of halogens is 3. The summed E-state index contributed by atoms with van der Waals surface area (Å²) in [6, 6.07) is 5.02. The molecule has 0 atom stereocenters. The summed E-state index contributed by atoms with van der Waals surface area (Å²) in [6.07, 6.45) is -4.44. The van der Waals surface area contributed by atoms with Crippen LogP contribution in [0.1, 0.15) is 18.1 Å². The van der Waals surface area contributed by atoms with Gasteiger partial charge in [0.05, 0.1) is 23.4 Å². The molecule has 0 spiro atoms. The van der Waals surface area contributed by atoms with Crippen molar-refractivity contribution in [3.63, 3.8) is 0 Å². The molecule has 0 aliphatic rings. The highest BCUT2D eigenvalue weighted by Gasteiger charge is 2.31. The van der Waals surface area contributed by atoms with Gasteiger partial charge in [0.2, 0.25) is 0 Å². The van der Waals surface area contributed by atoms with E-state index in [9.17, 15) is 13.2 Å². The second kappa shape index (κ2) is 6.43. The number of ether oxygens (including phenoxy) is 1. The second-order valence-electron chi connectivity index (χ2n) is 3.91. The summed E-state index contributed by atoms with van der Waals surface area (Å²) in [4.78, 5) is 1.81. The minimum atomic E-state index is -4.44. The lowest BCUT2D eigenvalue weighted by Gasteiger charge is -2.24. The Morgan fingerprint density at radius 2 is 2.05 bits per heavy atom. The molecule has 6 heteroatoms. The molecule has 0 fully saturated rings. The SMILES string of the molecule is CCN(CCOC)c1ccc(C(F)(F)F)cc1C#N. The van der Waals surface area contributed by atoms with Crippen molar-refractivity contribution in [2.45, 2.75) is 13.1 Å². The Hall–Kier alpha value is -1.74. The van der Waals surface area contributed by atoms with E-state index in [4.69, 9.17) is 10.00 Å². The van der Waals surface area contributed by atoms with Crippen molar-refractivity contribution in [2.75, 3.05) is 31.7 Å². The normalized spacial score (nSPS) is 11.2. The lowest BCUT2D eigenvalue weighted by molar-refractivity contribution is -0.137. The van der Waals surface area contributed by atoms with Crippen LogP contribution in [0, 0.1) is 11.3 Å². The number of anilines is 1. The Labute approximate surface area is 110 Å². The van der Waals surface area contributed by atoms with Crippen molar-refractivity contribution >= 4 is 5.69 Å². The fraction of sp³-hybridized carbons (Fsp3) is 0.462. The maximum Gasteiger partial charge on any atom is 0.416 e. The largest absolute Gasteiger partial charge is 0.416 e. The van der Waals surface area contributed by atoms with Crippen LogP contribution in [0.15, 0.2) is 18.2 Å². The summed E-state index contributed by atoms with van der Waals surface area (Å²) < 4.78 is 42.7. The van der Waals surface area contributed by atoms with Crippen LogP contribution in [-0.4, -0.2) is 26.8 Å². The van der Waals surface area contributed by atoms with E-state index in [1.54, 1.807) is 7.11 Å². The van der Waals surface area contributed by atoms with Crippen LogP contribution in [0.25, 0.3) is 0 Å². The number of nitriles is 1. The average molecular weight is 272 g/mol. The molecular weight excluding hydrogens is 257 g/mol. The molecule has 0 N–H and O–H groups in total. The van der Waals surface area contributed by atoms with Crippen LogP contribution < -0.4 is 4.90 Å². The van der Waals surface area contributed by atoms with Crippen LogP contribution >= 0.6 is 0 Å². The second-order valence-corrected chi connectivity index (χ2v) is 3.91. The molecule has 1 aromatic carbocycles. The van der Waals surface area contributed by atoms with Crippen molar-refractivity contribution in [3.8, 4) is 6.07 Å². The van der Waals surface area contributed by atoms with Gasteiger partial charge in [0.25, 0.3) is 0 Å². The molecule has 3 nitrogen and oxygen atoms in total. The van der Waals surface area contributed by atoms with Crippen LogP contribution in [-0.2, 0) is 10.9 Å². The van der Waals surface area contributed by atoms with Crippen LogP contribution in [0.5, 0.6) is 0 Å². The third-order valence-electron chi connectivity index (χ3n) is 2.73. The van der Waals surface area contributed by atoms with Gasteiger partial charge in [-0.1, -0.05) is 0 Å². The van der Waals surface area contributed by atoms with Gasteiger partial charge in [0.1, 0.15) is 6.07 Å². The van der Waals surface area contributed by atoms with E-state index in [2.05, 4.69) is 0 Å². The van der Waals surface area contributed by atoms with Crippen LogP contribution in [0.4, 0.5) is 18.9 Å². The zero-order chi connectivity index (χ0) is 14.5. The molecule has 0 aliphatic heterocycles. The molecule has 0 heterocycles. The van der Waals surface area contributed by atoms with Crippen LogP contribution in [0.2, 0.25) is 0 Å². The van der Waals surface area contributed by atoms with Crippen molar-refractivity contribution in [3.05, 3.63) is 29.3 Å². The van der Waals surface area contributed by atoms with E-state index in [1.807, 2.05) is 17.9 Å². The molecule has 0 aliphatic carbocycles. The van der Waals surface area contributed by atoms with Crippen LogP contribution in [0.3, 0.4) is 0 Å². The van der Waals surface area contributed by atoms with E-state index < -0.39 is 11.7 Å². The lowest BCUT2D eigenvalue weighted by Crippen LogP contribution is -2.27. The summed E-state index contributed by atoms with van der Waals surface area (Å²) in [5, 5.41) is 9.00. The smallest absolute Gasteiger partial charge is 0.383 e. The topological polar surface area (TPSA) is 36.3 Å². The molecule has 0 saturated heterocycles. The maximum absolute atomic E-state index is 12.6. The number of likely N-dealkylation sites (N-methyl/N-ethyl adjacent to an activating group) is 1. The number of alkyl halides is 3. The third kappa shape index (κ3) is 3.86. The minimum absolute atomic E-state index is 0.0211. The fourth-order valence-electron chi connectivity index (χ4n) is 1.73. The number of nitrogens with zero attached hydrogens (tertiary/aromatic N) is 2. The highest BCUT2D eigenvalue weighted by Crippen LogP contribution is 2.32. The zero-order valence-corrected chi connectivity index (χ0v) is 10.8. The first kappa shape index (κ1) is 15.3. The van der Waals surface area contributed by atoms with E-state index >= 15 is 0 Å². The van der Waals surface area contributed by atoms with E-state index in [0.717, 1.165) is 12.1 Å². The molecule has 0 amide bonds. The number of hydrogen-bond acceptors (Lipinski definition) is 3. The highest BCUT2D eigenvalue weighted by molar-refractivity contribution is 5.60. The molecular formula is C13H15F3N2O. The molecule has 0 unspecified atom stereocenters. The standard InChI is InChI=1S/C13H15F3N2O/c1-3-18(6-7-19-2)12-5-4-11(13(14,15)16)8-10(12)9-17/h4-5,8H,3,6-7H2,1-2H3.